The van der Waals surface area contributed by atoms with E-state index in [1.807, 2.05) is 31.0 Å². The zero-order valence-corrected chi connectivity index (χ0v) is 18.9. The minimum atomic E-state index is 0.231. The molecule has 3 unspecified atom stereocenters. The number of benzene rings is 1. The average Bonchev–Trinajstić information content (AvgIpc) is 3.24. The predicted octanol–water partition coefficient (Wildman–Crippen LogP) is 2.25. The number of carbonyl (C=O) groups is 1. The number of hydrogen-bond donors (Lipinski definition) is 2. The largest absolute Gasteiger partial charge is 0.497 e. The Hall–Kier alpha value is -2.28. The van der Waals surface area contributed by atoms with Crippen molar-refractivity contribution in [2.75, 3.05) is 47.4 Å². The number of piperidine rings is 1. The molecule has 166 valence electrons. The number of aliphatic imine (C=N–C) groups is 1. The van der Waals surface area contributed by atoms with Crippen LogP contribution in [0.15, 0.2) is 29.3 Å². The van der Waals surface area contributed by atoms with Crippen LogP contribution in [-0.2, 0) is 4.79 Å². The molecule has 0 saturated carbocycles. The Bertz CT molecular complexity index is 721. The van der Waals surface area contributed by atoms with Crippen LogP contribution in [0.25, 0.3) is 0 Å². The van der Waals surface area contributed by atoms with Crippen LogP contribution in [0.1, 0.15) is 44.2 Å². The number of methoxy groups -OCH3 is 1. The van der Waals surface area contributed by atoms with E-state index in [4.69, 9.17) is 4.74 Å². The Morgan fingerprint density at radius 3 is 2.67 bits per heavy atom. The van der Waals surface area contributed by atoms with Gasteiger partial charge in [-0.3, -0.25) is 14.7 Å². The van der Waals surface area contributed by atoms with Gasteiger partial charge in [-0.15, -0.1) is 0 Å². The lowest BCUT2D eigenvalue weighted by Crippen LogP contribution is -2.48. The second-order valence-corrected chi connectivity index (χ2v) is 8.38. The van der Waals surface area contributed by atoms with E-state index in [1.165, 1.54) is 18.4 Å². The van der Waals surface area contributed by atoms with Crippen LogP contribution in [0.3, 0.4) is 0 Å². The van der Waals surface area contributed by atoms with Crippen molar-refractivity contribution in [3.05, 3.63) is 29.8 Å². The number of nitrogens with zero attached hydrogens (tertiary/aromatic N) is 3. The molecule has 30 heavy (non-hydrogen) atoms. The molecule has 0 spiro atoms. The Morgan fingerprint density at radius 2 is 2.00 bits per heavy atom. The number of hydrogen-bond acceptors (Lipinski definition) is 4. The molecule has 2 heterocycles. The van der Waals surface area contributed by atoms with Gasteiger partial charge in [0, 0.05) is 45.2 Å². The van der Waals surface area contributed by atoms with Gasteiger partial charge in [-0.25, -0.2) is 0 Å². The molecule has 1 amide bonds. The number of guanidine groups is 1. The van der Waals surface area contributed by atoms with Crippen molar-refractivity contribution in [3.63, 3.8) is 0 Å². The smallest absolute Gasteiger partial charge is 0.222 e. The summed E-state index contributed by atoms with van der Waals surface area (Å²) in [5, 5.41) is 7.06. The number of carbonyl (C=O) groups excluding carboxylic acids is 1. The summed E-state index contributed by atoms with van der Waals surface area (Å²) in [5.41, 5.74) is 1.33. The Morgan fingerprint density at radius 1 is 1.23 bits per heavy atom. The van der Waals surface area contributed by atoms with Crippen molar-refractivity contribution in [2.45, 2.75) is 44.7 Å². The van der Waals surface area contributed by atoms with Crippen molar-refractivity contribution in [3.8, 4) is 5.75 Å². The number of amides is 1. The third-order valence-corrected chi connectivity index (χ3v) is 6.40. The van der Waals surface area contributed by atoms with E-state index in [0.717, 1.165) is 44.3 Å². The van der Waals surface area contributed by atoms with Gasteiger partial charge >= 0.3 is 0 Å². The quantitative estimate of drug-likeness (QED) is 0.551. The zero-order valence-electron chi connectivity index (χ0n) is 18.9. The van der Waals surface area contributed by atoms with Crippen LogP contribution in [0.5, 0.6) is 5.75 Å². The molecule has 0 radical (unpaired) electrons. The van der Waals surface area contributed by atoms with Gasteiger partial charge in [0.05, 0.1) is 7.11 Å². The average molecular weight is 416 g/mol. The molecule has 2 N–H and O–H groups in total. The van der Waals surface area contributed by atoms with Gasteiger partial charge in [-0.05, 0) is 56.5 Å². The number of likely N-dealkylation sites (tertiary alicyclic amines) is 2. The zero-order chi connectivity index (χ0) is 21.5. The van der Waals surface area contributed by atoms with E-state index in [1.54, 1.807) is 7.11 Å². The molecule has 0 aromatic heterocycles. The maximum atomic E-state index is 11.9. The SMILES string of the molecule is CCC(=O)N1CCC(NC(=NC)NCC2CCCN(C)C2c2ccc(OC)cc2)C1. The monoisotopic (exact) mass is 415 g/mol. The summed E-state index contributed by atoms with van der Waals surface area (Å²) >= 11 is 0. The van der Waals surface area contributed by atoms with Gasteiger partial charge < -0.3 is 20.3 Å². The molecular weight excluding hydrogens is 378 g/mol. The van der Waals surface area contributed by atoms with E-state index >= 15 is 0 Å². The Labute approximate surface area is 180 Å². The van der Waals surface area contributed by atoms with Crippen molar-refractivity contribution < 1.29 is 9.53 Å². The third-order valence-electron chi connectivity index (χ3n) is 6.40. The fourth-order valence-corrected chi connectivity index (χ4v) is 4.75. The highest BCUT2D eigenvalue weighted by atomic mass is 16.5. The standard InChI is InChI=1S/C23H37N5O2/c1-5-21(29)28-14-12-19(16-28)26-23(24-2)25-15-18-7-6-13-27(3)22(18)17-8-10-20(30-4)11-9-17/h8-11,18-19,22H,5-7,12-16H2,1-4H3,(H2,24,25,26). The topological polar surface area (TPSA) is 69.2 Å². The minimum absolute atomic E-state index is 0.231. The van der Waals surface area contributed by atoms with E-state index in [2.05, 4.69) is 39.7 Å². The van der Waals surface area contributed by atoms with E-state index < -0.39 is 0 Å². The first kappa shape index (κ1) is 22.4. The van der Waals surface area contributed by atoms with Crippen LogP contribution in [0.2, 0.25) is 0 Å². The van der Waals surface area contributed by atoms with Gasteiger partial charge in [0.1, 0.15) is 5.75 Å². The second-order valence-electron chi connectivity index (χ2n) is 8.38. The second kappa shape index (κ2) is 10.7. The van der Waals surface area contributed by atoms with Crippen LogP contribution in [-0.4, -0.2) is 75.1 Å². The van der Waals surface area contributed by atoms with Gasteiger partial charge in [-0.1, -0.05) is 19.1 Å². The summed E-state index contributed by atoms with van der Waals surface area (Å²) in [6.45, 7) is 5.49. The summed E-state index contributed by atoms with van der Waals surface area (Å²) in [6.07, 6.45) is 3.93. The van der Waals surface area contributed by atoms with Crippen LogP contribution < -0.4 is 15.4 Å². The molecule has 7 heteroatoms. The van der Waals surface area contributed by atoms with Crippen molar-refractivity contribution >= 4 is 11.9 Å². The summed E-state index contributed by atoms with van der Waals surface area (Å²) in [6, 6.07) is 9.10. The lowest BCUT2D eigenvalue weighted by atomic mass is 9.85. The van der Waals surface area contributed by atoms with Crippen molar-refractivity contribution in [2.24, 2.45) is 10.9 Å². The van der Waals surface area contributed by atoms with Crippen LogP contribution in [0, 0.1) is 5.92 Å². The lowest BCUT2D eigenvalue weighted by molar-refractivity contribution is -0.129. The normalized spacial score (nSPS) is 25.3. The lowest BCUT2D eigenvalue weighted by Gasteiger charge is -2.40. The first-order valence-corrected chi connectivity index (χ1v) is 11.1. The Kier molecular flexibility index (Phi) is 7.96. The van der Waals surface area contributed by atoms with Crippen molar-refractivity contribution in [1.82, 2.24) is 20.4 Å². The highest BCUT2D eigenvalue weighted by Crippen LogP contribution is 2.35. The molecule has 0 bridgehead atoms. The number of rotatable bonds is 6. The summed E-state index contributed by atoms with van der Waals surface area (Å²) in [7, 11) is 5.73. The molecule has 2 aliphatic heterocycles. The molecule has 3 rings (SSSR count). The molecule has 7 nitrogen and oxygen atoms in total. The van der Waals surface area contributed by atoms with Gasteiger partial charge in [0.15, 0.2) is 5.96 Å². The summed E-state index contributed by atoms with van der Waals surface area (Å²) < 4.78 is 5.32. The fourth-order valence-electron chi connectivity index (χ4n) is 4.75. The molecule has 2 fully saturated rings. The first-order valence-electron chi connectivity index (χ1n) is 11.1. The fraction of sp³-hybridized carbons (Fsp3) is 0.652. The molecule has 0 aliphatic carbocycles. The van der Waals surface area contributed by atoms with Gasteiger partial charge in [0.2, 0.25) is 5.91 Å². The Balaban J connectivity index is 1.58. The molecule has 2 aliphatic rings. The highest BCUT2D eigenvalue weighted by Gasteiger charge is 2.31. The maximum absolute atomic E-state index is 11.9. The first-order chi connectivity index (χ1) is 14.5. The van der Waals surface area contributed by atoms with Crippen molar-refractivity contribution in [1.29, 1.82) is 0 Å². The van der Waals surface area contributed by atoms with E-state index in [-0.39, 0.29) is 11.9 Å². The molecule has 1 aromatic carbocycles. The van der Waals surface area contributed by atoms with Crippen LogP contribution >= 0.6 is 0 Å². The van der Waals surface area contributed by atoms with E-state index in [0.29, 0.717) is 18.4 Å². The predicted molar refractivity (Wildman–Crippen MR) is 121 cm³/mol. The minimum Gasteiger partial charge on any atom is -0.497 e. The number of ether oxygens (including phenoxy) is 1. The van der Waals surface area contributed by atoms with Gasteiger partial charge in [-0.2, -0.15) is 0 Å². The summed E-state index contributed by atoms with van der Waals surface area (Å²) in [5.74, 6) is 2.45. The molecule has 1 aromatic rings. The van der Waals surface area contributed by atoms with Crippen LogP contribution in [0.4, 0.5) is 0 Å². The highest BCUT2D eigenvalue weighted by molar-refractivity contribution is 5.80. The molecular formula is C23H37N5O2. The van der Waals surface area contributed by atoms with E-state index in [9.17, 15) is 4.79 Å². The molecule has 2 saturated heterocycles. The summed E-state index contributed by atoms with van der Waals surface area (Å²) in [4.78, 5) is 20.8. The number of nitrogens with one attached hydrogen (secondary N) is 2. The third kappa shape index (κ3) is 5.45. The maximum Gasteiger partial charge on any atom is 0.222 e. The molecule has 3 atom stereocenters. The van der Waals surface area contributed by atoms with Gasteiger partial charge in [0.25, 0.3) is 0 Å².